The minimum absolute atomic E-state index is 0. The summed E-state index contributed by atoms with van der Waals surface area (Å²) in [5, 5.41) is 45.9. The molecule has 0 fully saturated rings. The normalized spacial score (nSPS) is 8.95. The van der Waals surface area contributed by atoms with E-state index in [1.165, 1.54) is 0 Å². The predicted molar refractivity (Wildman–Crippen MR) is 267 cm³/mol. The van der Waals surface area contributed by atoms with Crippen molar-refractivity contribution in [2.75, 3.05) is 124 Å². The highest BCUT2D eigenvalue weighted by Crippen LogP contribution is 2.20. The summed E-state index contributed by atoms with van der Waals surface area (Å²) in [5.74, 6) is 17.1. The topological polar surface area (TPSA) is 340 Å². The fourth-order valence-corrected chi connectivity index (χ4v) is 4.00. The maximum atomic E-state index is 8.86. The average Bonchev–Trinajstić information content (AvgIpc) is 3.31. The number of nitrogens with one attached hydrogen (secondary N) is 6. The molecule has 2 heterocycles. The number of unbranched alkanes of at least 4 members (excludes halogenated alkanes) is 1. The number of rotatable bonds is 28. The molecule has 2 rings (SSSR count). The van der Waals surface area contributed by atoms with Gasteiger partial charge in [0.2, 0.25) is 35.7 Å². The second-order valence-corrected chi connectivity index (χ2v) is 12.4. The van der Waals surface area contributed by atoms with Crippen LogP contribution in [0.1, 0.15) is 60.8 Å². The van der Waals surface area contributed by atoms with Crippen LogP contribution >= 0.6 is 0 Å². The van der Waals surface area contributed by atoms with E-state index in [2.05, 4.69) is 134 Å². The first-order valence-electron chi connectivity index (χ1n) is 19.7. The van der Waals surface area contributed by atoms with E-state index >= 15 is 0 Å². The van der Waals surface area contributed by atoms with Gasteiger partial charge in [-0.3, -0.25) is 4.90 Å². The van der Waals surface area contributed by atoms with Crippen molar-refractivity contribution >= 4 is 35.7 Å². The molecule has 356 valence electrons. The number of aromatic nitrogens is 6. The third-order valence-electron chi connectivity index (χ3n) is 7.53. The van der Waals surface area contributed by atoms with Gasteiger partial charge in [-0.1, -0.05) is 86.0 Å². The van der Waals surface area contributed by atoms with Gasteiger partial charge < -0.3 is 42.1 Å². The van der Waals surface area contributed by atoms with Crippen LogP contribution in [0, 0.1) is 79.5 Å². The monoisotopic (exact) mass is 911 g/mol. The zero-order valence-electron chi connectivity index (χ0n) is 36.4. The van der Waals surface area contributed by atoms with Crippen LogP contribution in [-0.2, 0) is 0 Å². The molecule has 66 heavy (non-hydrogen) atoms. The third-order valence-corrected chi connectivity index (χ3v) is 7.53. The van der Waals surface area contributed by atoms with E-state index in [9.17, 15) is 0 Å². The molecule has 24 heteroatoms. The Morgan fingerprint density at radius 2 is 0.848 bits per heavy atom. The Morgan fingerprint density at radius 3 is 1.11 bits per heavy atom. The van der Waals surface area contributed by atoms with Crippen molar-refractivity contribution < 1.29 is 10.2 Å². The SMILES string of the molecule is C.C.C#CCN(CC#C)CC#C.C#CCNc1nc(NCC#C)nc(NCC#C)n1.CCC(CO)(CO)CN=[N+]=[N-].CCCCNc1nc(NCCCN=[N+]=[N-])nc(NCCCN=[N+]=[N-])n1. The molecule has 2 aromatic rings. The summed E-state index contributed by atoms with van der Waals surface area (Å²) in [5.41, 5.74) is 23.9. The number of hydrogen-bond acceptors (Lipinski definition) is 18. The van der Waals surface area contributed by atoms with Crippen molar-refractivity contribution in [1.82, 2.24) is 34.8 Å². The summed E-state index contributed by atoms with van der Waals surface area (Å²) in [6.07, 6.45) is 34.7. The number of azide groups is 3. The third kappa shape index (κ3) is 34.6. The lowest BCUT2D eigenvalue weighted by Crippen LogP contribution is -2.32. The van der Waals surface area contributed by atoms with E-state index in [1.807, 2.05) is 11.8 Å². The highest BCUT2D eigenvalue weighted by Gasteiger charge is 2.25. The number of hydrogen-bond donors (Lipinski definition) is 8. The molecular weight excluding hydrogens is 845 g/mol. The summed E-state index contributed by atoms with van der Waals surface area (Å²) >= 11 is 0. The Bertz CT molecular complexity index is 1820. The van der Waals surface area contributed by atoms with Gasteiger partial charge in [-0.05, 0) is 42.3 Å². The molecule has 0 unspecified atom stereocenters. The summed E-state index contributed by atoms with van der Waals surface area (Å²) in [6.45, 7) is 9.09. The lowest BCUT2D eigenvalue weighted by Gasteiger charge is -2.25. The Morgan fingerprint density at radius 1 is 0.530 bits per heavy atom. The molecule has 0 atom stereocenters. The maximum Gasteiger partial charge on any atom is 0.230 e. The lowest BCUT2D eigenvalue weighted by atomic mass is 9.87. The summed E-state index contributed by atoms with van der Waals surface area (Å²) in [4.78, 5) is 35.0. The van der Waals surface area contributed by atoms with Crippen LogP contribution in [0.3, 0.4) is 0 Å². The zero-order valence-corrected chi connectivity index (χ0v) is 36.4. The lowest BCUT2D eigenvalue weighted by molar-refractivity contribution is 0.0586. The van der Waals surface area contributed by atoms with Crippen molar-refractivity contribution in [1.29, 1.82) is 0 Å². The van der Waals surface area contributed by atoms with Gasteiger partial charge in [0, 0.05) is 59.4 Å². The summed E-state index contributed by atoms with van der Waals surface area (Å²) in [6, 6.07) is 0. The molecular formula is C42H66N22O2. The molecule has 0 radical (unpaired) electrons. The molecule has 0 aliphatic rings. The van der Waals surface area contributed by atoms with E-state index < -0.39 is 5.41 Å². The number of anilines is 6. The van der Waals surface area contributed by atoms with Gasteiger partial charge in [0.15, 0.2) is 0 Å². The first kappa shape index (κ1) is 64.6. The van der Waals surface area contributed by atoms with E-state index in [0.29, 0.717) is 120 Å². The minimum Gasteiger partial charge on any atom is -0.396 e. The molecule has 24 nitrogen and oxygen atoms in total. The van der Waals surface area contributed by atoms with Crippen molar-refractivity contribution in [2.24, 2.45) is 20.8 Å². The van der Waals surface area contributed by atoms with Crippen LogP contribution in [0.25, 0.3) is 31.3 Å². The minimum atomic E-state index is -0.633. The van der Waals surface area contributed by atoms with Crippen molar-refractivity contribution in [3.8, 4) is 74.1 Å². The van der Waals surface area contributed by atoms with E-state index in [4.69, 9.17) is 65.3 Å². The molecule has 0 aromatic carbocycles. The molecule has 2 aromatic heterocycles. The van der Waals surface area contributed by atoms with Crippen LogP contribution in [0.4, 0.5) is 35.7 Å². The van der Waals surface area contributed by atoms with Gasteiger partial charge >= 0.3 is 0 Å². The Kier molecular flexibility index (Phi) is 45.5. The summed E-state index contributed by atoms with van der Waals surface area (Å²) < 4.78 is 0. The van der Waals surface area contributed by atoms with E-state index in [1.54, 1.807) is 0 Å². The molecule has 8 N–H and O–H groups in total. The van der Waals surface area contributed by atoms with Gasteiger partial charge in [-0.15, -0.1) is 38.5 Å². The van der Waals surface area contributed by atoms with Crippen molar-refractivity contribution in [2.45, 2.75) is 60.8 Å². The molecule has 0 aliphatic carbocycles. The Hall–Kier alpha value is -8.01. The van der Waals surface area contributed by atoms with E-state index in [-0.39, 0.29) is 34.6 Å². The maximum absolute atomic E-state index is 8.86. The van der Waals surface area contributed by atoms with Crippen LogP contribution in [0.2, 0.25) is 0 Å². The van der Waals surface area contributed by atoms with Gasteiger partial charge in [-0.25, -0.2) is 0 Å². The first-order chi connectivity index (χ1) is 31.2. The highest BCUT2D eigenvalue weighted by molar-refractivity contribution is 5.44. The summed E-state index contributed by atoms with van der Waals surface area (Å²) in [7, 11) is 0. The van der Waals surface area contributed by atoms with E-state index in [0.717, 1.165) is 19.4 Å². The molecule has 0 spiro atoms. The molecule has 0 aliphatic heterocycles. The largest absolute Gasteiger partial charge is 0.396 e. The van der Waals surface area contributed by atoms with Crippen molar-refractivity contribution in [3.05, 3.63) is 31.3 Å². The second-order valence-electron chi connectivity index (χ2n) is 12.4. The second kappa shape index (κ2) is 46.5. The van der Waals surface area contributed by atoms with Crippen LogP contribution in [-0.4, -0.2) is 137 Å². The van der Waals surface area contributed by atoms with Gasteiger partial charge in [0.1, 0.15) is 0 Å². The number of terminal acetylenes is 6. The van der Waals surface area contributed by atoms with Crippen LogP contribution in [0.15, 0.2) is 15.3 Å². The standard InChI is InChI=1S/C13H24N12.C12H12N6.C9H9N.C6H13N3O2.2CH4/c1-2-3-6-16-11-21-12(17-7-4-9-19-24-14)23-13(22-11)18-8-5-10-20-25-15;1-4-7-13-10-16-11(14-8-5-2)18-12(17-10)15-9-6-3;1-4-7-10(8-5-2)9-6-3;1-2-6(4-10,5-11)3-8-9-7;;/h2-10H2,1H3,(H3,16,17,18,21,22,23);1-3H,7-9H2,(H3,13,14,15,16,17,18);1-3H,7-9H2;10-11H,2-5H2,1H3;2*1H4. The van der Waals surface area contributed by atoms with Gasteiger partial charge in [-0.2, -0.15) is 29.9 Å². The molecule has 0 saturated carbocycles. The van der Waals surface area contributed by atoms with Gasteiger partial charge in [0.25, 0.3) is 0 Å². The molecule has 0 amide bonds. The first-order valence-corrected chi connectivity index (χ1v) is 19.7. The van der Waals surface area contributed by atoms with Gasteiger partial charge in [0.05, 0.1) is 52.5 Å². The Labute approximate surface area is 390 Å². The fraction of sp³-hybridized carbons (Fsp3) is 0.571. The highest BCUT2D eigenvalue weighted by atomic mass is 16.3. The molecule has 0 saturated heterocycles. The Balaban J connectivity index is -0.000000411. The zero-order chi connectivity index (χ0) is 47.9. The van der Waals surface area contributed by atoms with Crippen molar-refractivity contribution in [3.63, 3.8) is 0 Å². The smallest absolute Gasteiger partial charge is 0.230 e. The van der Waals surface area contributed by atoms with Crippen LogP contribution in [0.5, 0.6) is 0 Å². The molecule has 0 bridgehead atoms. The predicted octanol–water partition coefficient (Wildman–Crippen LogP) is 5.45. The number of nitrogens with zero attached hydrogens (tertiary/aromatic N) is 16. The average molecular weight is 911 g/mol. The quantitative estimate of drug-likeness (QED) is 0.0173. The number of aliphatic hydroxyl groups is 2. The fourth-order valence-electron chi connectivity index (χ4n) is 4.00. The number of aliphatic hydroxyl groups excluding tert-OH is 2. The van der Waals surface area contributed by atoms with Crippen LogP contribution < -0.4 is 31.9 Å².